The van der Waals surface area contributed by atoms with Crippen molar-refractivity contribution < 1.29 is 9.13 Å². The molecule has 4 heteroatoms. The molecule has 0 spiro atoms. The number of ether oxygens (including phenoxy) is 1. The highest BCUT2D eigenvalue weighted by molar-refractivity contribution is 9.10. The molecule has 0 aliphatic rings. The maximum atomic E-state index is 13.1. The Morgan fingerprint density at radius 2 is 1.80 bits per heavy atom. The SMILES string of the molecule is CCNCc1ccc(COc2ccc(F)c(Br)c2)cc1. The summed E-state index contributed by atoms with van der Waals surface area (Å²) in [6, 6.07) is 12.9. The van der Waals surface area contributed by atoms with Gasteiger partial charge in [0.05, 0.1) is 4.47 Å². The number of nitrogens with one attached hydrogen (secondary N) is 1. The summed E-state index contributed by atoms with van der Waals surface area (Å²) in [6.45, 7) is 4.40. The van der Waals surface area contributed by atoms with Gasteiger partial charge in [-0.2, -0.15) is 0 Å². The fraction of sp³-hybridized carbons (Fsp3) is 0.250. The van der Waals surface area contributed by atoms with Crippen LogP contribution in [-0.4, -0.2) is 6.54 Å². The molecule has 2 nitrogen and oxygen atoms in total. The minimum absolute atomic E-state index is 0.287. The Bertz CT molecular complexity index is 557. The molecule has 0 bridgehead atoms. The van der Waals surface area contributed by atoms with Gasteiger partial charge in [0.1, 0.15) is 18.2 Å². The smallest absolute Gasteiger partial charge is 0.137 e. The lowest BCUT2D eigenvalue weighted by Crippen LogP contribution is -2.11. The van der Waals surface area contributed by atoms with E-state index in [1.807, 2.05) is 12.1 Å². The topological polar surface area (TPSA) is 21.3 Å². The monoisotopic (exact) mass is 337 g/mol. The summed E-state index contributed by atoms with van der Waals surface area (Å²) in [4.78, 5) is 0. The summed E-state index contributed by atoms with van der Waals surface area (Å²) in [5.41, 5.74) is 2.34. The van der Waals surface area contributed by atoms with Gasteiger partial charge in [0.15, 0.2) is 0 Å². The standard InChI is InChI=1S/C16H17BrFNO/c1-2-19-10-12-3-5-13(6-4-12)11-20-14-7-8-16(18)15(17)9-14/h3-9,19H,2,10-11H2,1H3. The first-order valence-corrected chi connectivity index (χ1v) is 7.34. The second-order valence-corrected chi connectivity index (χ2v) is 5.32. The molecule has 106 valence electrons. The van der Waals surface area contributed by atoms with E-state index in [1.165, 1.54) is 11.6 Å². The third-order valence-corrected chi connectivity index (χ3v) is 3.51. The van der Waals surface area contributed by atoms with E-state index in [0.29, 0.717) is 16.8 Å². The zero-order valence-corrected chi connectivity index (χ0v) is 12.9. The van der Waals surface area contributed by atoms with E-state index >= 15 is 0 Å². The molecular formula is C16H17BrFNO. The summed E-state index contributed by atoms with van der Waals surface area (Å²) < 4.78 is 19.1. The van der Waals surface area contributed by atoms with Crippen molar-refractivity contribution in [2.24, 2.45) is 0 Å². The zero-order chi connectivity index (χ0) is 14.4. The van der Waals surface area contributed by atoms with Crippen molar-refractivity contribution in [1.29, 1.82) is 0 Å². The quantitative estimate of drug-likeness (QED) is 0.849. The molecule has 2 aromatic rings. The second kappa shape index (κ2) is 7.41. The lowest BCUT2D eigenvalue weighted by molar-refractivity contribution is 0.305. The first-order chi connectivity index (χ1) is 9.69. The third kappa shape index (κ3) is 4.32. The summed E-state index contributed by atoms with van der Waals surface area (Å²) in [5.74, 6) is 0.361. The van der Waals surface area contributed by atoms with Crippen LogP contribution in [0.5, 0.6) is 5.75 Å². The maximum Gasteiger partial charge on any atom is 0.137 e. The summed E-state index contributed by atoms with van der Waals surface area (Å²) in [5, 5.41) is 3.28. The highest BCUT2D eigenvalue weighted by atomic mass is 79.9. The molecule has 2 aromatic carbocycles. The van der Waals surface area contributed by atoms with Crippen LogP contribution in [0, 0.1) is 5.82 Å². The fourth-order valence-electron chi connectivity index (χ4n) is 1.76. The molecule has 0 saturated heterocycles. The minimum atomic E-state index is -0.287. The van der Waals surface area contributed by atoms with Crippen LogP contribution in [-0.2, 0) is 13.2 Å². The molecule has 0 amide bonds. The Morgan fingerprint density at radius 1 is 1.10 bits per heavy atom. The molecule has 0 aliphatic heterocycles. The van der Waals surface area contributed by atoms with Gasteiger partial charge in [-0.15, -0.1) is 0 Å². The fourth-order valence-corrected chi connectivity index (χ4v) is 2.11. The summed E-state index contributed by atoms with van der Waals surface area (Å²) in [6.07, 6.45) is 0. The van der Waals surface area contributed by atoms with E-state index in [-0.39, 0.29) is 5.82 Å². The van der Waals surface area contributed by atoms with Crippen LogP contribution >= 0.6 is 15.9 Å². The third-order valence-electron chi connectivity index (χ3n) is 2.90. The number of rotatable bonds is 6. The van der Waals surface area contributed by atoms with E-state index in [9.17, 15) is 4.39 Å². The number of halogens is 2. The van der Waals surface area contributed by atoms with Gasteiger partial charge in [0.2, 0.25) is 0 Å². The Labute approximate surface area is 127 Å². The molecule has 2 rings (SSSR count). The average Bonchev–Trinajstić information content (AvgIpc) is 2.47. The predicted molar refractivity (Wildman–Crippen MR) is 82.3 cm³/mol. The van der Waals surface area contributed by atoms with E-state index in [2.05, 4.69) is 40.3 Å². The van der Waals surface area contributed by atoms with E-state index in [0.717, 1.165) is 18.7 Å². The first-order valence-electron chi connectivity index (χ1n) is 6.55. The van der Waals surface area contributed by atoms with E-state index in [4.69, 9.17) is 4.74 Å². The van der Waals surface area contributed by atoms with Crippen LogP contribution in [0.3, 0.4) is 0 Å². The van der Waals surface area contributed by atoms with Gasteiger partial charge in [-0.1, -0.05) is 31.2 Å². The van der Waals surface area contributed by atoms with E-state index < -0.39 is 0 Å². The van der Waals surface area contributed by atoms with Crippen LogP contribution in [0.15, 0.2) is 46.9 Å². The molecule has 0 unspecified atom stereocenters. The average molecular weight is 338 g/mol. The molecule has 0 aliphatic carbocycles. The number of benzene rings is 2. The molecule has 0 heterocycles. The normalized spacial score (nSPS) is 10.6. The van der Waals surface area contributed by atoms with Crippen LogP contribution in [0.2, 0.25) is 0 Å². The predicted octanol–water partition coefficient (Wildman–Crippen LogP) is 4.28. The molecular weight excluding hydrogens is 321 g/mol. The van der Waals surface area contributed by atoms with Gasteiger partial charge < -0.3 is 10.1 Å². The highest BCUT2D eigenvalue weighted by Crippen LogP contribution is 2.22. The lowest BCUT2D eigenvalue weighted by atomic mass is 10.1. The second-order valence-electron chi connectivity index (χ2n) is 4.46. The van der Waals surface area contributed by atoms with Gasteiger partial charge in [-0.25, -0.2) is 4.39 Å². The van der Waals surface area contributed by atoms with Crippen molar-refractivity contribution in [2.45, 2.75) is 20.1 Å². The lowest BCUT2D eigenvalue weighted by Gasteiger charge is -2.08. The number of hydrogen-bond donors (Lipinski definition) is 1. The molecule has 20 heavy (non-hydrogen) atoms. The molecule has 1 N–H and O–H groups in total. The molecule has 0 atom stereocenters. The van der Waals surface area contributed by atoms with Crippen LogP contribution < -0.4 is 10.1 Å². The zero-order valence-electron chi connectivity index (χ0n) is 11.3. The van der Waals surface area contributed by atoms with Crippen molar-refractivity contribution in [3.8, 4) is 5.75 Å². The van der Waals surface area contributed by atoms with Gasteiger partial charge in [-0.05, 0) is 51.8 Å². The van der Waals surface area contributed by atoms with Crippen molar-refractivity contribution in [3.63, 3.8) is 0 Å². The molecule has 0 saturated carbocycles. The highest BCUT2D eigenvalue weighted by Gasteiger charge is 2.02. The van der Waals surface area contributed by atoms with Crippen molar-refractivity contribution in [1.82, 2.24) is 5.32 Å². The van der Waals surface area contributed by atoms with Gasteiger partial charge in [0.25, 0.3) is 0 Å². The summed E-state index contributed by atoms with van der Waals surface area (Å²) >= 11 is 3.14. The maximum absolute atomic E-state index is 13.1. The van der Waals surface area contributed by atoms with Gasteiger partial charge in [0, 0.05) is 6.54 Å². The largest absolute Gasteiger partial charge is 0.489 e. The molecule has 0 aromatic heterocycles. The van der Waals surface area contributed by atoms with Crippen LogP contribution in [0.1, 0.15) is 18.1 Å². The van der Waals surface area contributed by atoms with Gasteiger partial charge in [-0.3, -0.25) is 0 Å². The Balaban J connectivity index is 1.91. The Morgan fingerprint density at radius 3 is 2.45 bits per heavy atom. The Kier molecular flexibility index (Phi) is 5.56. The Hall–Kier alpha value is -1.39. The molecule has 0 radical (unpaired) electrons. The molecule has 0 fully saturated rings. The van der Waals surface area contributed by atoms with Crippen molar-refractivity contribution >= 4 is 15.9 Å². The van der Waals surface area contributed by atoms with Crippen molar-refractivity contribution in [3.05, 3.63) is 63.9 Å². The summed E-state index contributed by atoms with van der Waals surface area (Å²) in [7, 11) is 0. The van der Waals surface area contributed by atoms with Crippen LogP contribution in [0.25, 0.3) is 0 Å². The minimum Gasteiger partial charge on any atom is -0.489 e. The van der Waals surface area contributed by atoms with Crippen molar-refractivity contribution in [2.75, 3.05) is 6.54 Å². The van der Waals surface area contributed by atoms with Gasteiger partial charge >= 0.3 is 0 Å². The van der Waals surface area contributed by atoms with Crippen LogP contribution in [0.4, 0.5) is 4.39 Å². The van der Waals surface area contributed by atoms with E-state index in [1.54, 1.807) is 12.1 Å². The number of hydrogen-bond acceptors (Lipinski definition) is 2. The first kappa shape index (κ1) is 15.0.